The van der Waals surface area contributed by atoms with Gasteiger partial charge in [-0.15, -0.1) is 0 Å². The van der Waals surface area contributed by atoms with Crippen LogP contribution in [0.15, 0.2) is 49.0 Å². The van der Waals surface area contributed by atoms with Crippen LogP contribution in [0.25, 0.3) is 11.4 Å². The zero-order chi connectivity index (χ0) is 19.6. The Hall–Kier alpha value is -2.40. The first kappa shape index (κ1) is 20.3. The van der Waals surface area contributed by atoms with Crippen molar-refractivity contribution in [3.8, 4) is 22.9 Å². The number of aromatic nitrogens is 2. The Bertz CT molecular complexity index is 746. The highest BCUT2D eigenvalue weighted by Crippen LogP contribution is 2.26. The van der Waals surface area contributed by atoms with E-state index in [-0.39, 0.29) is 0 Å². The largest absolute Gasteiger partial charge is 0.494 e. The Kier molecular flexibility index (Phi) is 7.85. The zero-order valence-corrected chi connectivity index (χ0v) is 16.8. The van der Waals surface area contributed by atoms with E-state index in [1.165, 1.54) is 12.8 Å². The molecule has 0 saturated carbocycles. The van der Waals surface area contributed by atoms with Crippen LogP contribution in [0.5, 0.6) is 11.5 Å². The van der Waals surface area contributed by atoms with E-state index in [2.05, 4.69) is 23.8 Å². The van der Waals surface area contributed by atoms with Crippen molar-refractivity contribution in [2.24, 2.45) is 0 Å². The van der Waals surface area contributed by atoms with Gasteiger partial charge in [0.2, 0.25) is 0 Å². The molecule has 0 radical (unpaired) electrons. The number of epoxide rings is 1. The van der Waals surface area contributed by atoms with Gasteiger partial charge >= 0.3 is 0 Å². The number of ether oxygens (including phenoxy) is 3. The summed E-state index contributed by atoms with van der Waals surface area (Å²) >= 11 is 0. The smallest absolute Gasteiger partial charge is 0.163 e. The molecule has 1 aliphatic heterocycles. The second-order valence-corrected chi connectivity index (χ2v) is 7.13. The number of unbranched alkanes of at least 4 members (excludes halogenated alkanes) is 3. The number of hydrogen-bond acceptors (Lipinski definition) is 5. The molecule has 0 amide bonds. The van der Waals surface area contributed by atoms with Crippen molar-refractivity contribution in [3.05, 3.63) is 49.0 Å². The Balaban J connectivity index is 1.45. The van der Waals surface area contributed by atoms with Crippen LogP contribution in [-0.2, 0) is 4.74 Å². The molecule has 3 rings (SSSR count). The first-order valence-corrected chi connectivity index (χ1v) is 10.3. The van der Waals surface area contributed by atoms with Gasteiger partial charge in [-0.3, -0.25) is 0 Å². The molecule has 5 heteroatoms. The molecule has 2 atom stereocenters. The Morgan fingerprint density at radius 2 is 1.93 bits per heavy atom. The van der Waals surface area contributed by atoms with Crippen molar-refractivity contribution in [2.75, 3.05) is 6.61 Å². The molecule has 1 aromatic carbocycles. The van der Waals surface area contributed by atoms with Gasteiger partial charge in [-0.2, -0.15) is 0 Å². The SMILES string of the molecule is CCCCC=COc1cnc(-c2cccc(OCCCCC3OC3C)c2)nc1. The molecule has 2 heterocycles. The number of allylic oxidation sites excluding steroid dienone is 1. The van der Waals surface area contributed by atoms with Gasteiger partial charge in [0.1, 0.15) is 5.75 Å². The lowest BCUT2D eigenvalue weighted by Crippen LogP contribution is -1.99. The van der Waals surface area contributed by atoms with E-state index in [0.29, 0.717) is 30.4 Å². The summed E-state index contributed by atoms with van der Waals surface area (Å²) in [5.74, 6) is 2.14. The molecule has 0 spiro atoms. The van der Waals surface area contributed by atoms with E-state index in [1.54, 1.807) is 18.7 Å². The Labute approximate surface area is 167 Å². The van der Waals surface area contributed by atoms with Crippen molar-refractivity contribution in [3.63, 3.8) is 0 Å². The van der Waals surface area contributed by atoms with E-state index < -0.39 is 0 Å². The van der Waals surface area contributed by atoms with Crippen LogP contribution in [0, 0.1) is 0 Å². The molecule has 1 aromatic heterocycles. The van der Waals surface area contributed by atoms with Gasteiger partial charge in [-0.1, -0.05) is 25.5 Å². The van der Waals surface area contributed by atoms with Crippen LogP contribution in [0.4, 0.5) is 0 Å². The molecular weight excluding hydrogens is 352 g/mol. The van der Waals surface area contributed by atoms with Gasteiger partial charge in [0.05, 0.1) is 37.5 Å². The third kappa shape index (κ3) is 6.64. The predicted molar refractivity (Wildman–Crippen MR) is 110 cm³/mol. The fourth-order valence-electron chi connectivity index (χ4n) is 2.94. The van der Waals surface area contributed by atoms with E-state index in [1.807, 2.05) is 30.3 Å². The molecule has 0 bridgehead atoms. The van der Waals surface area contributed by atoms with E-state index in [4.69, 9.17) is 14.2 Å². The number of hydrogen-bond donors (Lipinski definition) is 0. The first-order chi connectivity index (χ1) is 13.8. The molecular formula is C23H30N2O3. The average molecular weight is 383 g/mol. The van der Waals surface area contributed by atoms with Crippen molar-refractivity contribution >= 4 is 0 Å². The summed E-state index contributed by atoms with van der Waals surface area (Å²) < 4.78 is 16.8. The Morgan fingerprint density at radius 1 is 1.11 bits per heavy atom. The monoisotopic (exact) mass is 382 g/mol. The average Bonchev–Trinajstić information content (AvgIpc) is 3.43. The molecule has 28 heavy (non-hydrogen) atoms. The second kappa shape index (κ2) is 10.8. The van der Waals surface area contributed by atoms with Gasteiger partial charge < -0.3 is 14.2 Å². The molecule has 1 fully saturated rings. The molecule has 0 aliphatic carbocycles. The van der Waals surface area contributed by atoms with Crippen molar-refractivity contribution in [2.45, 2.75) is 64.6 Å². The maximum absolute atomic E-state index is 5.88. The van der Waals surface area contributed by atoms with Crippen LogP contribution in [0.1, 0.15) is 52.4 Å². The maximum Gasteiger partial charge on any atom is 0.163 e. The lowest BCUT2D eigenvalue weighted by atomic mass is 10.1. The quantitative estimate of drug-likeness (QED) is 0.273. The summed E-state index contributed by atoms with van der Waals surface area (Å²) in [6.07, 6.45) is 14.7. The summed E-state index contributed by atoms with van der Waals surface area (Å²) in [6, 6.07) is 7.90. The summed E-state index contributed by atoms with van der Waals surface area (Å²) in [5.41, 5.74) is 0.933. The molecule has 150 valence electrons. The zero-order valence-electron chi connectivity index (χ0n) is 16.8. The number of nitrogens with zero attached hydrogens (tertiary/aromatic N) is 2. The predicted octanol–water partition coefficient (Wildman–Crippen LogP) is 5.56. The minimum absolute atomic E-state index is 0.450. The molecule has 1 aliphatic rings. The van der Waals surface area contributed by atoms with Gasteiger partial charge in [0.15, 0.2) is 11.6 Å². The first-order valence-electron chi connectivity index (χ1n) is 10.3. The highest BCUT2D eigenvalue weighted by molar-refractivity contribution is 5.57. The van der Waals surface area contributed by atoms with Gasteiger partial charge in [-0.25, -0.2) is 9.97 Å². The third-order valence-electron chi connectivity index (χ3n) is 4.73. The lowest BCUT2D eigenvalue weighted by Gasteiger charge is -2.08. The Morgan fingerprint density at radius 3 is 2.68 bits per heavy atom. The van der Waals surface area contributed by atoms with Crippen molar-refractivity contribution < 1.29 is 14.2 Å². The van der Waals surface area contributed by atoms with Crippen LogP contribution in [0.2, 0.25) is 0 Å². The van der Waals surface area contributed by atoms with Gasteiger partial charge in [-0.05, 0) is 57.2 Å². The second-order valence-electron chi connectivity index (χ2n) is 7.13. The minimum atomic E-state index is 0.450. The molecule has 1 saturated heterocycles. The molecule has 2 unspecified atom stereocenters. The lowest BCUT2D eigenvalue weighted by molar-refractivity contribution is 0.299. The normalized spacial score (nSPS) is 18.4. The van der Waals surface area contributed by atoms with E-state index in [9.17, 15) is 0 Å². The fourth-order valence-corrected chi connectivity index (χ4v) is 2.94. The van der Waals surface area contributed by atoms with Gasteiger partial charge in [0, 0.05) is 5.56 Å². The minimum Gasteiger partial charge on any atom is -0.494 e. The highest BCUT2D eigenvalue weighted by Gasteiger charge is 2.32. The summed E-state index contributed by atoms with van der Waals surface area (Å²) in [6.45, 7) is 5.01. The van der Waals surface area contributed by atoms with Crippen LogP contribution >= 0.6 is 0 Å². The molecule has 0 N–H and O–H groups in total. The van der Waals surface area contributed by atoms with E-state index >= 15 is 0 Å². The summed E-state index contributed by atoms with van der Waals surface area (Å²) in [5, 5.41) is 0. The van der Waals surface area contributed by atoms with Crippen molar-refractivity contribution in [1.82, 2.24) is 9.97 Å². The maximum atomic E-state index is 5.88. The molecule has 5 nitrogen and oxygen atoms in total. The number of rotatable bonds is 12. The van der Waals surface area contributed by atoms with E-state index in [0.717, 1.165) is 37.0 Å². The third-order valence-corrected chi connectivity index (χ3v) is 4.73. The van der Waals surface area contributed by atoms with Crippen molar-refractivity contribution in [1.29, 1.82) is 0 Å². The van der Waals surface area contributed by atoms with Crippen LogP contribution < -0.4 is 9.47 Å². The summed E-state index contributed by atoms with van der Waals surface area (Å²) in [4.78, 5) is 8.82. The fraction of sp³-hybridized carbons (Fsp3) is 0.478. The summed E-state index contributed by atoms with van der Waals surface area (Å²) in [7, 11) is 0. The standard InChI is InChI=1S/C23H30N2O3/c1-3-4-5-7-13-27-21-16-24-23(25-17-21)19-10-9-11-20(15-19)26-14-8-6-12-22-18(2)28-22/h7,9-11,13,15-18,22H,3-6,8,12,14H2,1-2H3. The molecule has 2 aromatic rings. The highest BCUT2D eigenvalue weighted by atomic mass is 16.6. The topological polar surface area (TPSA) is 56.8 Å². The number of benzene rings is 1. The van der Waals surface area contributed by atoms with Crippen LogP contribution in [0.3, 0.4) is 0 Å². The van der Waals surface area contributed by atoms with Gasteiger partial charge in [0.25, 0.3) is 0 Å². The van der Waals surface area contributed by atoms with Crippen LogP contribution in [-0.4, -0.2) is 28.8 Å².